The Morgan fingerprint density at radius 1 is 1.05 bits per heavy atom. The number of hydrogen-bond donors (Lipinski definition) is 0. The molecule has 112 valence electrons. The van der Waals surface area contributed by atoms with Crippen LogP contribution in [0.4, 0.5) is 0 Å². The van der Waals surface area contributed by atoms with Gasteiger partial charge in [-0.05, 0) is 25.7 Å². The average molecular weight is 282 g/mol. The number of methoxy groups -OCH3 is 1. The number of nitrogens with zero attached hydrogens (tertiary/aromatic N) is 2. The minimum Gasteiger partial charge on any atom is -0.467 e. The Bertz CT molecular complexity index is 402. The summed E-state index contributed by atoms with van der Waals surface area (Å²) in [6.45, 7) is 3.44. The van der Waals surface area contributed by atoms with E-state index >= 15 is 0 Å². The van der Waals surface area contributed by atoms with Gasteiger partial charge < -0.3 is 14.5 Å². The molecule has 2 aliphatic rings. The predicted molar refractivity (Wildman–Crippen MR) is 71.7 cm³/mol. The molecule has 0 radical (unpaired) electrons. The van der Waals surface area contributed by atoms with Crippen LogP contribution in [-0.4, -0.2) is 60.4 Å². The van der Waals surface area contributed by atoms with Gasteiger partial charge in [0.2, 0.25) is 11.8 Å². The molecule has 2 aliphatic heterocycles. The summed E-state index contributed by atoms with van der Waals surface area (Å²) in [5.41, 5.74) is 0. The summed E-state index contributed by atoms with van der Waals surface area (Å²) in [5.74, 6) is -0.293. The van der Waals surface area contributed by atoms with Crippen LogP contribution in [0.15, 0.2) is 0 Å². The second kappa shape index (κ2) is 6.24. The standard InChI is InChI=1S/C14H22N2O4/c1-10(17)15-8-5-11(6-9-15)13(18)16-7-3-4-12(16)14(19)20-2/h11-12H,3-9H2,1-2H3. The molecule has 20 heavy (non-hydrogen) atoms. The van der Waals surface area contributed by atoms with Crippen molar-refractivity contribution in [2.45, 2.75) is 38.6 Å². The van der Waals surface area contributed by atoms with E-state index < -0.39 is 6.04 Å². The first-order chi connectivity index (χ1) is 9.54. The molecule has 1 unspecified atom stereocenters. The van der Waals surface area contributed by atoms with Crippen molar-refractivity contribution >= 4 is 17.8 Å². The van der Waals surface area contributed by atoms with E-state index in [0.717, 1.165) is 6.42 Å². The Morgan fingerprint density at radius 2 is 1.70 bits per heavy atom. The van der Waals surface area contributed by atoms with Gasteiger partial charge in [-0.3, -0.25) is 9.59 Å². The van der Waals surface area contributed by atoms with Crippen molar-refractivity contribution < 1.29 is 19.1 Å². The highest BCUT2D eigenvalue weighted by atomic mass is 16.5. The first-order valence-electron chi connectivity index (χ1n) is 7.18. The van der Waals surface area contributed by atoms with E-state index in [-0.39, 0.29) is 23.7 Å². The van der Waals surface area contributed by atoms with Crippen LogP contribution in [0.25, 0.3) is 0 Å². The van der Waals surface area contributed by atoms with Crippen LogP contribution in [0.2, 0.25) is 0 Å². The molecular formula is C14H22N2O4. The minimum absolute atomic E-state index is 0.0427. The lowest BCUT2D eigenvalue weighted by Gasteiger charge is -2.33. The van der Waals surface area contributed by atoms with Crippen LogP contribution in [0.5, 0.6) is 0 Å². The Morgan fingerprint density at radius 3 is 2.25 bits per heavy atom. The molecular weight excluding hydrogens is 260 g/mol. The number of esters is 1. The van der Waals surface area contributed by atoms with E-state index in [1.165, 1.54) is 7.11 Å². The van der Waals surface area contributed by atoms with Crippen molar-refractivity contribution in [1.29, 1.82) is 0 Å². The van der Waals surface area contributed by atoms with Gasteiger partial charge >= 0.3 is 5.97 Å². The SMILES string of the molecule is COC(=O)C1CCCN1C(=O)C1CCN(C(C)=O)CC1. The van der Waals surface area contributed by atoms with E-state index in [4.69, 9.17) is 4.74 Å². The predicted octanol–water partition coefficient (Wildman–Crippen LogP) is 0.409. The third-order valence-electron chi connectivity index (χ3n) is 4.30. The highest BCUT2D eigenvalue weighted by molar-refractivity contribution is 5.86. The normalized spacial score (nSPS) is 23.8. The summed E-state index contributed by atoms with van der Waals surface area (Å²) < 4.78 is 4.76. The second-order valence-electron chi connectivity index (χ2n) is 5.49. The maximum Gasteiger partial charge on any atom is 0.328 e. The third kappa shape index (κ3) is 2.94. The molecule has 2 amide bonds. The van der Waals surface area contributed by atoms with E-state index in [0.29, 0.717) is 38.9 Å². The van der Waals surface area contributed by atoms with Gasteiger partial charge in [-0.1, -0.05) is 0 Å². The Hall–Kier alpha value is -1.59. The lowest BCUT2D eigenvalue weighted by molar-refractivity contribution is -0.153. The first kappa shape index (κ1) is 14.8. The molecule has 0 aromatic carbocycles. The minimum atomic E-state index is -0.418. The lowest BCUT2D eigenvalue weighted by atomic mass is 9.95. The molecule has 1 atom stereocenters. The van der Waals surface area contributed by atoms with Crippen molar-refractivity contribution in [2.75, 3.05) is 26.7 Å². The summed E-state index contributed by atoms with van der Waals surface area (Å²) in [4.78, 5) is 38.9. The molecule has 0 aromatic heterocycles. The van der Waals surface area contributed by atoms with Crippen molar-refractivity contribution in [2.24, 2.45) is 5.92 Å². The zero-order valence-electron chi connectivity index (χ0n) is 12.1. The summed E-state index contributed by atoms with van der Waals surface area (Å²) >= 11 is 0. The first-order valence-corrected chi connectivity index (χ1v) is 7.18. The van der Waals surface area contributed by atoms with Crippen molar-refractivity contribution in [3.05, 3.63) is 0 Å². The number of rotatable bonds is 2. The van der Waals surface area contributed by atoms with Crippen molar-refractivity contribution in [1.82, 2.24) is 9.80 Å². The Labute approximate surface area is 119 Å². The summed E-state index contributed by atoms with van der Waals surface area (Å²) in [6.07, 6.45) is 2.90. The van der Waals surface area contributed by atoms with Crippen LogP contribution in [0, 0.1) is 5.92 Å². The molecule has 0 N–H and O–H groups in total. The van der Waals surface area contributed by atoms with E-state index in [1.54, 1.807) is 16.7 Å². The van der Waals surface area contributed by atoms with Gasteiger partial charge in [0.05, 0.1) is 7.11 Å². The van der Waals surface area contributed by atoms with Crippen molar-refractivity contribution in [3.63, 3.8) is 0 Å². The molecule has 0 aromatic rings. The fraction of sp³-hybridized carbons (Fsp3) is 0.786. The molecule has 2 saturated heterocycles. The molecule has 6 heteroatoms. The topological polar surface area (TPSA) is 66.9 Å². The third-order valence-corrected chi connectivity index (χ3v) is 4.30. The smallest absolute Gasteiger partial charge is 0.328 e. The number of carbonyl (C=O) groups is 3. The van der Waals surface area contributed by atoms with Gasteiger partial charge in [-0.2, -0.15) is 0 Å². The van der Waals surface area contributed by atoms with Gasteiger partial charge in [-0.25, -0.2) is 4.79 Å². The number of hydrogen-bond acceptors (Lipinski definition) is 4. The molecule has 0 aliphatic carbocycles. The van der Waals surface area contributed by atoms with Gasteiger partial charge in [0.1, 0.15) is 6.04 Å². The molecule has 2 heterocycles. The zero-order valence-corrected chi connectivity index (χ0v) is 12.1. The number of amides is 2. The summed E-state index contributed by atoms with van der Waals surface area (Å²) in [7, 11) is 1.36. The molecule has 0 saturated carbocycles. The number of ether oxygens (including phenoxy) is 1. The van der Waals surface area contributed by atoms with Crippen LogP contribution in [0.1, 0.15) is 32.6 Å². The maximum atomic E-state index is 12.5. The van der Waals surface area contributed by atoms with Crippen molar-refractivity contribution in [3.8, 4) is 0 Å². The fourth-order valence-electron chi connectivity index (χ4n) is 3.09. The van der Waals surface area contributed by atoms with E-state index in [1.807, 2.05) is 0 Å². The number of carbonyl (C=O) groups excluding carboxylic acids is 3. The largest absolute Gasteiger partial charge is 0.467 e. The van der Waals surface area contributed by atoms with E-state index in [9.17, 15) is 14.4 Å². The number of piperidine rings is 1. The van der Waals surface area contributed by atoms with Gasteiger partial charge in [0.15, 0.2) is 0 Å². The zero-order chi connectivity index (χ0) is 14.7. The van der Waals surface area contributed by atoms with E-state index in [2.05, 4.69) is 0 Å². The maximum absolute atomic E-state index is 12.5. The van der Waals surface area contributed by atoms with Crippen LogP contribution >= 0.6 is 0 Å². The van der Waals surface area contributed by atoms with Gasteiger partial charge in [0.25, 0.3) is 0 Å². The Balaban J connectivity index is 1.94. The highest BCUT2D eigenvalue weighted by Gasteiger charge is 2.38. The lowest BCUT2D eigenvalue weighted by Crippen LogP contribution is -2.47. The summed E-state index contributed by atoms with van der Waals surface area (Å²) in [5, 5.41) is 0. The van der Waals surface area contributed by atoms with Gasteiger partial charge in [0, 0.05) is 32.5 Å². The van der Waals surface area contributed by atoms with Gasteiger partial charge in [-0.15, -0.1) is 0 Å². The molecule has 0 spiro atoms. The monoisotopic (exact) mass is 282 g/mol. The van der Waals surface area contributed by atoms with Crippen LogP contribution in [0.3, 0.4) is 0 Å². The van der Waals surface area contributed by atoms with Crippen LogP contribution < -0.4 is 0 Å². The summed E-state index contributed by atoms with van der Waals surface area (Å²) in [6, 6.07) is -0.418. The highest BCUT2D eigenvalue weighted by Crippen LogP contribution is 2.25. The van der Waals surface area contributed by atoms with Crippen LogP contribution in [-0.2, 0) is 19.1 Å². The Kier molecular flexibility index (Phi) is 4.62. The molecule has 2 rings (SSSR count). The number of likely N-dealkylation sites (tertiary alicyclic amines) is 2. The quantitative estimate of drug-likeness (QED) is 0.688. The molecule has 6 nitrogen and oxygen atoms in total. The molecule has 0 bridgehead atoms. The average Bonchev–Trinajstić information content (AvgIpc) is 2.95. The molecule has 2 fully saturated rings. The second-order valence-corrected chi connectivity index (χ2v) is 5.49. The fourth-order valence-corrected chi connectivity index (χ4v) is 3.09.